The summed E-state index contributed by atoms with van der Waals surface area (Å²) in [5.74, 6) is 1.67. The van der Waals surface area contributed by atoms with E-state index in [1.54, 1.807) is 0 Å². The lowest BCUT2D eigenvalue weighted by Gasteiger charge is -2.14. The SMILES string of the molecule is C1=CC=CN(Cc2ccc3c(c2)OCO3)C=C1. The van der Waals surface area contributed by atoms with Gasteiger partial charge in [0.15, 0.2) is 11.5 Å². The van der Waals surface area contributed by atoms with Crippen LogP contribution >= 0.6 is 0 Å². The summed E-state index contributed by atoms with van der Waals surface area (Å²) in [6, 6.07) is 6.05. The Morgan fingerprint density at radius 1 is 0.941 bits per heavy atom. The number of rotatable bonds is 2. The second kappa shape index (κ2) is 4.37. The molecule has 0 amide bonds. The quantitative estimate of drug-likeness (QED) is 0.775. The van der Waals surface area contributed by atoms with E-state index in [1.807, 2.05) is 48.8 Å². The molecule has 0 unspecified atom stereocenters. The fraction of sp³-hybridized carbons (Fsp3) is 0.143. The lowest BCUT2D eigenvalue weighted by atomic mass is 10.2. The predicted molar refractivity (Wildman–Crippen MR) is 65.5 cm³/mol. The number of fused-ring (bicyclic) bond motifs is 1. The van der Waals surface area contributed by atoms with Crippen LogP contribution in [0.15, 0.2) is 54.9 Å². The van der Waals surface area contributed by atoms with Crippen LogP contribution in [0.5, 0.6) is 11.5 Å². The lowest BCUT2D eigenvalue weighted by Crippen LogP contribution is -2.08. The minimum Gasteiger partial charge on any atom is -0.454 e. The standard InChI is InChI=1S/C14H13NO2/c1-2-4-8-15(7-3-1)10-12-5-6-13-14(9-12)17-11-16-13/h1-9H,10-11H2. The summed E-state index contributed by atoms with van der Waals surface area (Å²) < 4.78 is 10.7. The summed E-state index contributed by atoms with van der Waals surface area (Å²) in [5, 5.41) is 0. The predicted octanol–water partition coefficient (Wildman–Crippen LogP) is 2.81. The zero-order valence-corrected chi connectivity index (χ0v) is 9.37. The lowest BCUT2D eigenvalue weighted by molar-refractivity contribution is 0.174. The Kier molecular flexibility index (Phi) is 2.58. The minimum absolute atomic E-state index is 0.326. The molecule has 0 fully saturated rings. The molecular weight excluding hydrogens is 214 g/mol. The van der Waals surface area contributed by atoms with E-state index in [0.717, 1.165) is 18.0 Å². The monoisotopic (exact) mass is 227 g/mol. The molecule has 86 valence electrons. The molecule has 0 saturated heterocycles. The van der Waals surface area contributed by atoms with Crippen molar-refractivity contribution in [3.8, 4) is 11.5 Å². The molecule has 0 spiro atoms. The van der Waals surface area contributed by atoms with E-state index in [-0.39, 0.29) is 0 Å². The third-order valence-electron chi connectivity index (χ3n) is 2.69. The van der Waals surface area contributed by atoms with E-state index < -0.39 is 0 Å². The molecule has 0 saturated carbocycles. The fourth-order valence-electron chi connectivity index (χ4n) is 1.85. The van der Waals surface area contributed by atoms with Gasteiger partial charge in [-0.05, 0) is 29.8 Å². The second-order valence-corrected chi connectivity index (χ2v) is 3.93. The van der Waals surface area contributed by atoms with Crippen molar-refractivity contribution in [1.29, 1.82) is 0 Å². The normalized spacial score (nSPS) is 16.4. The molecule has 1 aromatic rings. The molecular formula is C14H13NO2. The second-order valence-electron chi connectivity index (χ2n) is 3.93. The van der Waals surface area contributed by atoms with Crippen LogP contribution in [0.4, 0.5) is 0 Å². The molecule has 0 aliphatic carbocycles. The average Bonchev–Trinajstić information content (AvgIpc) is 2.65. The Morgan fingerprint density at radius 3 is 2.53 bits per heavy atom. The zero-order chi connectivity index (χ0) is 11.5. The number of nitrogens with zero attached hydrogens (tertiary/aromatic N) is 1. The third-order valence-corrected chi connectivity index (χ3v) is 2.69. The van der Waals surface area contributed by atoms with Gasteiger partial charge in [-0.3, -0.25) is 0 Å². The first-order valence-corrected chi connectivity index (χ1v) is 5.58. The Hall–Kier alpha value is -2.16. The van der Waals surface area contributed by atoms with Crippen LogP contribution in [-0.4, -0.2) is 11.7 Å². The van der Waals surface area contributed by atoms with Crippen molar-refractivity contribution in [2.75, 3.05) is 6.79 Å². The molecule has 0 atom stereocenters. The number of hydrogen-bond acceptors (Lipinski definition) is 3. The van der Waals surface area contributed by atoms with Crippen molar-refractivity contribution in [2.24, 2.45) is 0 Å². The van der Waals surface area contributed by atoms with E-state index in [1.165, 1.54) is 5.56 Å². The number of hydrogen-bond donors (Lipinski definition) is 0. The van der Waals surface area contributed by atoms with Gasteiger partial charge in [-0.2, -0.15) is 0 Å². The maximum Gasteiger partial charge on any atom is 0.231 e. The number of allylic oxidation sites excluding steroid dienone is 4. The highest BCUT2D eigenvalue weighted by Gasteiger charge is 2.13. The topological polar surface area (TPSA) is 21.7 Å². The minimum atomic E-state index is 0.326. The van der Waals surface area contributed by atoms with Crippen molar-refractivity contribution >= 4 is 0 Å². The van der Waals surface area contributed by atoms with Gasteiger partial charge in [-0.25, -0.2) is 0 Å². The summed E-state index contributed by atoms with van der Waals surface area (Å²) in [5.41, 5.74) is 1.20. The average molecular weight is 227 g/mol. The Morgan fingerprint density at radius 2 is 1.71 bits per heavy atom. The molecule has 1 aromatic carbocycles. The molecule has 0 radical (unpaired) electrons. The first-order valence-electron chi connectivity index (χ1n) is 5.58. The van der Waals surface area contributed by atoms with Gasteiger partial charge in [0.2, 0.25) is 6.79 Å². The van der Waals surface area contributed by atoms with Gasteiger partial charge in [0.1, 0.15) is 0 Å². The van der Waals surface area contributed by atoms with Gasteiger partial charge in [0.05, 0.1) is 0 Å². The first-order chi connectivity index (χ1) is 8.42. The Labute approximate surface area is 100 Å². The molecule has 3 rings (SSSR count). The van der Waals surface area contributed by atoms with Crippen molar-refractivity contribution in [3.05, 3.63) is 60.5 Å². The van der Waals surface area contributed by atoms with Crippen LogP contribution in [0.2, 0.25) is 0 Å². The van der Waals surface area contributed by atoms with Crippen LogP contribution in [0.3, 0.4) is 0 Å². The van der Waals surface area contributed by atoms with Crippen molar-refractivity contribution < 1.29 is 9.47 Å². The number of ether oxygens (including phenoxy) is 2. The van der Waals surface area contributed by atoms with Crippen LogP contribution in [0.1, 0.15) is 5.56 Å². The summed E-state index contributed by atoms with van der Waals surface area (Å²) in [6.07, 6.45) is 12.2. The largest absolute Gasteiger partial charge is 0.454 e. The molecule has 3 nitrogen and oxygen atoms in total. The first kappa shape index (κ1) is 10.0. The molecule has 17 heavy (non-hydrogen) atoms. The molecule has 3 heteroatoms. The van der Waals surface area contributed by atoms with Gasteiger partial charge < -0.3 is 14.4 Å². The van der Waals surface area contributed by atoms with E-state index >= 15 is 0 Å². The van der Waals surface area contributed by atoms with Gasteiger partial charge >= 0.3 is 0 Å². The molecule has 0 aromatic heterocycles. The smallest absolute Gasteiger partial charge is 0.231 e. The third kappa shape index (κ3) is 2.18. The highest BCUT2D eigenvalue weighted by atomic mass is 16.7. The van der Waals surface area contributed by atoms with Gasteiger partial charge in [-0.1, -0.05) is 18.2 Å². The van der Waals surface area contributed by atoms with Gasteiger partial charge in [0.25, 0.3) is 0 Å². The van der Waals surface area contributed by atoms with Crippen LogP contribution in [0.25, 0.3) is 0 Å². The zero-order valence-electron chi connectivity index (χ0n) is 9.37. The molecule has 0 N–H and O–H groups in total. The summed E-state index contributed by atoms with van der Waals surface area (Å²) in [6.45, 7) is 1.15. The molecule has 2 aliphatic rings. The van der Waals surface area contributed by atoms with Crippen molar-refractivity contribution in [3.63, 3.8) is 0 Å². The summed E-state index contributed by atoms with van der Waals surface area (Å²) in [4.78, 5) is 2.12. The molecule has 2 heterocycles. The van der Waals surface area contributed by atoms with Gasteiger partial charge in [-0.15, -0.1) is 0 Å². The van der Waals surface area contributed by atoms with E-state index in [0.29, 0.717) is 6.79 Å². The van der Waals surface area contributed by atoms with E-state index in [2.05, 4.69) is 11.0 Å². The summed E-state index contributed by atoms with van der Waals surface area (Å²) in [7, 11) is 0. The summed E-state index contributed by atoms with van der Waals surface area (Å²) >= 11 is 0. The highest BCUT2D eigenvalue weighted by Crippen LogP contribution is 2.32. The Balaban J connectivity index is 1.77. The Bertz CT molecular complexity index is 487. The van der Waals surface area contributed by atoms with Crippen molar-refractivity contribution in [1.82, 2.24) is 4.90 Å². The van der Waals surface area contributed by atoms with E-state index in [4.69, 9.17) is 9.47 Å². The van der Waals surface area contributed by atoms with Crippen molar-refractivity contribution in [2.45, 2.75) is 6.54 Å². The maximum absolute atomic E-state index is 5.36. The maximum atomic E-state index is 5.36. The molecule has 0 bridgehead atoms. The fourth-order valence-corrected chi connectivity index (χ4v) is 1.85. The highest BCUT2D eigenvalue weighted by molar-refractivity contribution is 5.44. The molecule has 2 aliphatic heterocycles. The van der Waals surface area contributed by atoms with Crippen LogP contribution in [-0.2, 0) is 6.54 Å². The number of benzene rings is 1. The van der Waals surface area contributed by atoms with Crippen LogP contribution < -0.4 is 9.47 Å². The van der Waals surface area contributed by atoms with E-state index in [9.17, 15) is 0 Å². The van der Waals surface area contributed by atoms with Crippen LogP contribution in [0, 0.1) is 0 Å². The van der Waals surface area contributed by atoms with Gasteiger partial charge in [0, 0.05) is 18.9 Å².